The Morgan fingerprint density at radius 3 is 2.41 bits per heavy atom. The Morgan fingerprint density at radius 2 is 1.72 bits per heavy atom. The second-order valence-electron chi connectivity index (χ2n) is 6.27. The number of carbonyl (C=O) groups excluding carboxylic acids is 1. The summed E-state index contributed by atoms with van der Waals surface area (Å²) in [6.45, 7) is 0.503. The van der Waals surface area contributed by atoms with Gasteiger partial charge in [-0.2, -0.15) is 0 Å². The summed E-state index contributed by atoms with van der Waals surface area (Å²) in [4.78, 5) is 20.8. The van der Waals surface area contributed by atoms with Crippen LogP contribution in [0.5, 0.6) is 11.5 Å². The first kappa shape index (κ1) is 20.1. The number of methoxy groups -OCH3 is 2. The molecule has 0 radical (unpaired) electrons. The summed E-state index contributed by atoms with van der Waals surface area (Å²) in [7, 11) is 3.16. The molecule has 1 N–H and O–H groups in total. The molecule has 1 heterocycles. The Labute approximate surface area is 170 Å². The fraction of sp³-hybridized carbons (Fsp3) is 0.174. The van der Waals surface area contributed by atoms with E-state index in [0.717, 1.165) is 16.7 Å². The first-order valence-electron chi connectivity index (χ1n) is 9.24. The van der Waals surface area contributed by atoms with E-state index < -0.39 is 0 Å². The zero-order valence-corrected chi connectivity index (χ0v) is 16.5. The van der Waals surface area contributed by atoms with Crippen LogP contribution in [0.2, 0.25) is 0 Å². The Bertz CT molecular complexity index is 970. The van der Waals surface area contributed by atoms with Crippen LogP contribution in [-0.2, 0) is 11.2 Å². The van der Waals surface area contributed by atoms with Crippen LogP contribution in [-0.4, -0.2) is 36.6 Å². The van der Waals surface area contributed by atoms with Gasteiger partial charge in [0.25, 0.3) is 0 Å². The SMILES string of the molecule is COc1ccc(C=CC(=O)NCCc2cnc(-c3ccccc3)nc2)cc1OC. The van der Waals surface area contributed by atoms with Crippen LogP contribution in [0.4, 0.5) is 0 Å². The highest BCUT2D eigenvalue weighted by Gasteiger charge is 2.04. The lowest BCUT2D eigenvalue weighted by atomic mass is 10.2. The molecule has 0 atom stereocenters. The topological polar surface area (TPSA) is 73.3 Å². The van der Waals surface area contributed by atoms with Crippen molar-refractivity contribution in [2.45, 2.75) is 6.42 Å². The molecule has 3 rings (SSSR count). The van der Waals surface area contributed by atoms with E-state index in [-0.39, 0.29) is 5.91 Å². The van der Waals surface area contributed by atoms with Gasteiger partial charge in [0.1, 0.15) is 0 Å². The number of aromatic nitrogens is 2. The fourth-order valence-electron chi connectivity index (χ4n) is 2.74. The van der Waals surface area contributed by atoms with Gasteiger partial charge in [0, 0.05) is 30.6 Å². The summed E-state index contributed by atoms with van der Waals surface area (Å²) in [5, 5.41) is 2.86. The molecule has 0 saturated carbocycles. The van der Waals surface area contributed by atoms with Crippen LogP contribution < -0.4 is 14.8 Å². The van der Waals surface area contributed by atoms with Crippen LogP contribution in [0.25, 0.3) is 17.5 Å². The van der Waals surface area contributed by atoms with Crippen molar-refractivity contribution in [3.8, 4) is 22.9 Å². The number of benzene rings is 2. The number of carbonyl (C=O) groups is 1. The van der Waals surface area contributed by atoms with E-state index in [4.69, 9.17) is 9.47 Å². The van der Waals surface area contributed by atoms with Crippen molar-refractivity contribution in [2.24, 2.45) is 0 Å². The molecule has 0 fully saturated rings. The maximum Gasteiger partial charge on any atom is 0.244 e. The quantitative estimate of drug-likeness (QED) is 0.597. The minimum absolute atomic E-state index is 0.165. The molecule has 6 heteroatoms. The molecule has 0 bridgehead atoms. The van der Waals surface area contributed by atoms with Gasteiger partial charge >= 0.3 is 0 Å². The van der Waals surface area contributed by atoms with E-state index in [9.17, 15) is 4.79 Å². The van der Waals surface area contributed by atoms with Gasteiger partial charge in [-0.15, -0.1) is 0 Å². The molecule has 0 aliphatic rings. The number of amides is 1. The third-order valence-corrected chi connectivity index (χ3v) is 4.28. The van der Waals surface area contributed by atoms with Crippen LogP contribution in [0.1, 0.15) is 11.1 Å². The van der Waals surface area contributed by atoms with Gasteiger partial charge < -0.3 is 14.8 Å². The number of rotatable bonds is 8. The first-order valence-corrected chi connectivity index (χ1v) is 9.24. The molecule has 6 nitrogen and oxygen atoms in total. The fourth-order valence-corrected chi connectivity index (χ4v) is 2.74. The maximum absolute atomic E-state index is 12.0. The summed E-state index contributed by atoms with van der Waals surface area (Å²) in [6.07, 6.45) is 7.47. The van der Waals surface area contributed by atoms with Crippen LogP contribution in [0.3, 0.4) is 0 Å². The molecule has 29 heavy (non-hydrogen) atoms. The van der Waals surface area contributed by atoms with E-state index in [0.29, 0.717) is 30.3 Å². The predicted octanol–water partition coefficient (Wildman–Crippen LogP) is 3.53. The smallest absolute Gasteiger partial charge is 0.244 e. The normalized spacial score (nSPS) is 10.7. The summed E-state index contributed by atoms with van der Waals surface area (Å²) in [6, 6.07) is 15.3. The van der Waals surface area contributed by atoms with E-state index in [1.165, 1.54) is 6.08 Å². The van der Waals surface area contributed by atoms with Crippen LogP contribution >= 0.6 is 0 Å². The van der Waals surface area contributed by atoms with Gasteiger partial charge in [-0.1, -0.05) is 36.4 Å². The maximum atomic E-state index is 12.0. The molecule has 3 aromatic rings. The number of hydrogen-bond acceptors (Lipinski definition) is 5. The van der Waals surface area contributed by atoms with E-state index in [1.54, 1.807) is 38.8 Å². The van der Waals surface area contributed by atoms with Crippen LogP contribution in [0.15, 0.2) is 67.0 Å². The Balaban J connectivity index is 1.49. The zero-order valence-electron chi connectivity index (χ0n) is 16.5. The third-order valence-electron chi connectivity index (χ3n) is 4.28. The Kier molecular flexibility index (Phi) is 6.95. The standard InChI is InChI=1S/C23H23N3O3/c1-28-20-10-8-17(14-21(20)29-2)9-11-22(27)24-13-12-18-15-25-23(26-16-18)19-6-4-3-5-7-19/h3-11,14-16H,12-13H2,1-2H3,(H,24,27). The molecule has 0 unspecified atom stereocenters. The van der Waals surface area contributed by atoms with Crippen LogP contribution in [0, 0.1) is 0 Å². The third kappa shape index (κ3) is 5.65. The zero-order chi connectivity index (χ0) is 20.5. The summed E-state index contributed by atoms with van der Waals surface area (Å²) in [5.74, 6) is 1.79. The van der Waals surface area contributed by atoms with Crippen molar-refractivity contribution >= 4 is 12.0 Å². The predicted molar refractivity (Wildman–Crippen MR) is 113 cm³/mol. The molecule has 1 aromatic heterocycles. The summed E-state index contributed by atoms with van der Waals surface area (Å²) >= 11 is 0. The lowest BCUT2D eigenvalue weighted by Crippen LogP contribution is -2.23. The number of hydrogen-bond donors (Lipinski definition) is 1. The average Bonchev–Trinajstić information content (AvgIpc) is 2.78. The molecule has 1 amide bonds. The molecular weight excluding hydrogens is 366 g/mol. The van der Waals surface area contributed by atoms with Gasteiger partial charge in [0.2, 0.25) is 5.91 Å². The highest BCUT2D eigenvalue weighted by molar-refractivity contribution is 5.91. The minimum atomic E-state index is -0.165. The van der Waals surface area contributed by atoms with Gasteiger partial charge in [-0.25, -0.2) is 9.97 Å². The number of ether oxygens (including phenoxy) is 2. The molecule has 0 aliphatic heterocycles. The summed E-state index contributed by atoms with van der Waals surface area (Å²) in [5.41, 5.74) is 2.80. The monoisotopic (exact) mass is 389 g/mol. The second-order valence-corrected chi connectivity index (χ2v) is 6.27. The molecule has 2 aromatic carbocycles. The Hall–Kier alpha value is -3.67. The summed E-state index contributed by atoms with van der Waals surface area (Å²) < 4.78 is 10.5. The van der Waals surface area contributed by atoms with Crippen molar-refractivity contribution in [1.29, 1.82) is 0 Å². The van der Waals surface area contributed by atoms with Crippen molar-refractivity contribution in [3.05, 3.63) is 78.1 Å². The van der Waals surface area contributed by atoms with Crippen molar-refractivity contribution in [3.63, 3.8) is 0 Å². The van der Waals surface area contributed by atoms with Crippen molar-refractivity contribution in [1.82, 2.24) is 15.3 Å². The van der Waals surface area contributed by atoms with Gasteiger partial charge in [0.15, 0.2) is 17.3 Å². The van der Waals surface area contributed by atoms with E-state index in [1.807, 2.05) is 42.5 Å². The van der Waals surface area contributed by atoms with Gasteiger partial charge in [-0.05, 0) is 35.8 Å². The lowest BCUT2D eigenvalue weighted by Gasteiger charge is -2.07. The van der Waals surface area contributed by atoms with Gasteiger partial charge in [0.05, 0.1) is 14.2 Å². The molecular formula is C23H23N3O3. The van der Waals surface area contributed by atoms with E-state index >= 15 is 0 Å². The highest BCUT2D eigenvalue weighted by atomic mass is 16.5. The number of nitrogens with zero attached hydrogens (tertiary/aromatic N) is 2. The molecule has 0 spiro atoms. The largest absolute Gasteiger partial charge is 0.493 e. The van der Waals surface area contributed by atoms with Crippen molar-refractivity contribution < 1.29 is 14.3 Å². The lowest BCUT2D eigenvalue weighted by molar-refractivity contribution is -0.116. The number of nitrogens with one attached hydrogen (secondary N) is 1. The molecule has 0 aliphatic carbocycles. The second kappa shape index (κ2) is 10.0. The average molecular weight is 389 g/mol. The minimum Gasteiger partial charge on any atom is -0.493 e. The highest BCUT2D eigenvalue weighted by Crippen LogP contribution is 2.27. The van der Waals surface area contributed by atoms with Gasteiger partial charge in [-0.3, -0.25) is 4.79 Å². The van der Waals surface area contributed by atoms with E-state index in [2.05, 4.69) is 15.3 Å². The molecule has 148 valence electrons. The molecule has 0 saturated heterocycles. The first-order chi connectivity index (χ1) is 14.2. The Morgan fingerprint density at radius 1 is 1.00 bits per heavy atom. The van der Waals surface area contributed by atoms with Crippen molar-refractivity contribution in [2.75, 3.05) is 20.8 Å².